The van der Waals surface area contributed by atoms with Crippen LogP contribution in [0, 0.1) is 56.7 Å². The van der Waals surface area contributed by atoms with Crippen molar-refractivity contribution in [3.05, 3.63) is 23.8 Å². The highest BCUT2D eigenvalue weighted by Gasteiger charge is 2.70. The van der Waals surface area contributed by atoms with Crippen LogP contribution in [0.3, 0.4) is 0 Å². The van der Waals surface area contributed by atoms with Crippen molar-refractivity contribution in [1.82, 2.24) is 0 Å². The van der Waals surface area contributed by atoms with Crippen LogP contribution < -0.4 is 0 Å². The van der Waals surface area contributed by atoms with Gasteiger partial charge in [0, 0.05) is 5.41 Å². The molecule has 1 nitrogen and oxygen atoms in total. The fourth-order valence-electron chi connectivity index (χ4n) is 11.5. The van der Waals surface area contributed by atoms with Crippen LogP contribution in [0.2, 0.25) is 0 Å². The highest BCUT2D eigenvalue weighted by atomic mass is 16.1. The van der Waals surface area contributed by atoms with E-state index < -0.39 is 0 Å². The lowest BCUT2D eigenvalue weighted by Crippen LogP contribution is -2.65. The SMILES string of the molecule is C=C(C)[C@@H]1CC[C@]2(C(C)=O)CC[C@]3(C)C(CC[C@@H]4[C@@]5(C)CC=C(C)C(C)(C)[C@@H]5CC[C@]43C)[C@@H]12. The van der Waals surface area contributed by atoms with E-state index >= 15 is 0 Å². The number of ketones is 1. The molecule has 4 fully saturated rings. The van der Waals surface area contributed by atoms with Crippen LogP contribution in [-0.2, 0) is 4.79 Å². The van der Waals surface area contributed by atoms with Gasteiger partial charge in [0.05, 0.1) is 0 Å². The van der Waals surface area contributed by atoms with Crippen LogP contribution in [0.15, 0.2) is 23.8 Å². The summed E-state index contributed by atoms with van der Waals surface area (Å²) in [6.45, 7) is 24.1. The number of hydrogen-bond donors (Lipinski definition) is 0. The number of carbonyl (C=O) groups excluding carboxylic acids is 1. The molecule has 0 saturated heterocycles. The number of Topliss-reactive ketones (excluding diaryl/α,β-unsaturated/α-hetero) is 1. The number of fused-ring (bicyclic) bond motifs is 7. The molecule has 0 aromatic carbocycles. The van der Waals surface area contributed by atoms with Crippen LogP contribution in [0.25, 0.3) is 0 Å². The molecule has 0 radical (unpaired) electrons. The van der Waals surface area contributed by atoms with Gasteiger partial charge in [-0.1, -0.05) is 58.4 Å². The maximum absolute atomic E-state index is 13.2. The molecule has 184 valence electrons. The van der Waals surface area contributed by atoms with Crippen LogP contribution in [0.1, 0.15) is 113 Å². The van der Waals surface area contributed by atoms with E-state index in [1.54, 1.807) is 5.57 Å². The van der Waals surface area contributed by atoms with Crippen molar-refractivity contribution in [2.75, 3.05) is 0 Å². The van der Waals surface area contributed by atoms with Crippen molar-refractivity contribution < 1.29 is 4.79 Å². The van der Waals surface area contributed by atoms with E-state index in [4.69, 9.17) is 0 Å². The molecule has 5 aliphatic carbocycles. The van der Waals surface area contributed by atoms with Gasteiger partial charge in [0.1, 0.15) is 5.78 Å². The first-order chi connectivity index (χ1) is 15.3. The molecule has 1 unspecified atom stereocenters. The van der Waals surface area contributed by atoms with E-state index in [9.17, 15) is 4.79 Å². The second-order valence-corrected chi connectivity index (χ2v) is 14.7. The standard InChI is InChI=1S/C32H50O/c1-20(2)23-13-17-32(22(4)33)19-18-30(8)24(27(23)32)10-11-26-29(7)15-12-21(3)28(5,6)25(29)14-16-31(26,30)9/h12,23-27H,1,10-11,13-19H2,2-9H3/t23-,24?,25-,26+,27+,29-,30+,31+,32+/m0/s1. The lowest BCUT2D eigenvalue weighted by Gasteiger charge is -2.72. The molecule has 5 aliphatic rings. The van der Waals surface area contributed by atoms with E-state index in [0.29, 0.717) is 45.2 Å². The Balaban J connectivity index is 1.58. The van der Waals surface area contributed by atoms with Crippen molar-refractivity contribution in [1.29, 1.82) is 0 Å². The van der Waals surface area contributed by atoms with Crippen molar-refractivity contribution in [3.8, 4) is 0 Å². The summed E-state index contributed by atoms with van der Waals surface area (Å²) in [5.74, 6) is 3.82. The summed E-state index contributed by atoms with van der Waals surface area (Å²) in [5.41, 5.74) is 4.33. The molecule has 0 heterocycles. The fraction of sp³-hybridized carbons (Fsp3) is 0.844. The molecule has 33 heavy (non-hydrogen) atoms. The first-order valence-electron chi connectivity index (χ1n) is 14.1. The molecule has 4 saturated carbocycles. The zero-order valence-corrected chi connectivity index (χ0v) is 22.9. The number of carbonyl (C=O) groups is 1. The average molecular weight is 451 g/mol. The zero-order valence-electron chi connectivity index (χ0n) is 22.9. The largest absolute Gasteiger partial charge is 0.299 e. The lowest BCUT2D eigenvalue weighted by molar-refractivity contribution is -0.226. The van der Waals surface area contributed by atoms with Gasteiger partial charge in [0.25, 0.3) is 0 Å². The lowest BCUT2D eigenvalue weighted by atomic mass is 9.32. The minimum absolute atomic E-state index is 0.0647. The second kappa shape index (κ2) is 7.10. The Labute approximate surface area is 204 Å². The molecule has 0 aromatic heterocycles. The summed E-state index contributed by atoms with van der Waals surface area (Å²) < 4.78 is 0. The predicted molar refractivity (Wildman–Crippen MR) is 139 cm³/mol. The highest BCUT2D eigenvalue weighted by Crippen LogP contribution is 2.77. The molecule has 0 bridgehead atoms. The molecular weight excluding hydrogens is 400 g/mol. The molecule has 0 spiro atoms. The van der Waals surface area contributed by atoms with Crippen LogP contribution in [0.4, 0.5) is 0 Å². The third kappa shape index (κ3) is 2.75. The first kappa shape index (κ1) is 23.9. The topological polar surface area (TPSA) is 17.1 Å². The predicted octanol–water partition coefficient (Wildman–Crippen LogP) is 8.79. The van der Waals surface area contributed by atoms with Crippen molar-refractivity contribution >= 4 is 5.78 Å². The molecule has 0 N–H and O–H groups in total. The molecule has 5 rings (SSSR count). The summed E-state index contributed by atoms with van der Waals surface area (Å²) in [7, 11) is 0. The number of allylic oxidation sites excluding steroid dienone is 3. The van der Waals surface area contributed by atoms with Gasteiger partial charge in [0.15, 0.2) is 0 Å². The van der Waals surface area contributed by atoms with Gasteiger partial charge in [-0.2, -0.15) is 0 Å². The Morgan fingerprint density at radius 2 is 1.58 bits per heavy atom. The molecule has 0 aromatic rings. The molecule has 0 aliphatic heterocycles. The minimum atomic E-state index is -0.0647. The van der Waals surface area contributed by atoms with Crippen molar-refractivity contribution in [2.45, 2.75) is 113 Å². The van der Waals surface area contributed by atoms with Gasteiger partial charge in [-0.15, -0.1) is 0 Å². The first-order valence-corrected chi connectivity index (χ1v) is 14.1. The van der Waals surface area contributed by atoms with Gasteiger partial charge in [-0.25, -0.2) is 0 Å². The average Bonchev–Trinajstić information content (AvgIpc) is 3.13. The van der Waals surface area contributed by atoms with Gasteiger partial charge >= 0.3 is 0 Å². The Kier molecular flexibility index (Phi) is 5.14. The van der Waals surface area contributed by atoms with Gasteiger partial charge in [0.2, 0.25) is 0 Å². The normalized spacial score (nSPS) is 52.6. The van der Waals surface area contributed by atoms with Crippen LogP contribution >= 0.6 is 0 Å². The van der Waals surface area contributed by atoms with Gasteiger partial charge in [-0.05, 0) is 130 Å². The highest BCUT2D eigenvalue weighted by molar-refractivity contribution is 5.83. The summed E-state index contributed by atoms with van der Waals surface area (Å²) in [4.78, 5) is 13.2. The maximum atomic E-state index is 13.2. The summed E-state index contributed by atoms with van der Waals surface area (Å²) in [5, 5.41) is 0. The van der Waals surface area contributed by atoms with Crippen LogP contribution in [0.5, 0.6) is 0 Å². The maximum Gasteiger partial charge on any atom is 0.136 e. The number of rotatable bonds is 2. The Morgan fingerprint density at radius 1 is 0.879 bits per heavy atom. The minimum Gasteiger partial charge on any atom is -0.299 e. The van der Waals surface area contributed by atoms with Crippen LogP contribution in [-0.4, -0.2) is 5.78 Å². The van der Waals surface area contributed by atoms with Crippen molar-refractivity contribution in [3.63, 3.8) is 0 Å². The summed E-state index contributed by atoms with van der Waals surface area (Å²) in [6, 6.07) is 0. The fourth-order valence-corrected chi connectivity index (χ4v) is 11.5. The van der Waals surface area contributed by atoms with Gasteiger partial charge < -0.3 is 0 Å². The van der Waals surface area contributed by atoms with E-state index in [-0.39, 0.29) is 5.41 Å². The molecule has 9 atom stereocenters. The van der Waals surface area contributed by atoms with E-state index in [1.807, 2.05) is 6.92 Å². The summed E-state index contributed by atoms with van der Waals surface area (Å²) >= 11 is 0. The third-order valence-electron chi connectivity index (χ3n) is 13.8. The smallest absolute Gasteiger partial charge is 0.136 e. The van der Waals surface area contributed by atoms with Crippen molar-refractivity contribution in [2.24, 2.45) is 56.7 Å². The Morgan fingerprint density at radius 3 is 2.21 bits per heavy atom. The molecule has 1 heteroatoms. The van der Waals surface area contributed by atoms with E-state index in [1.165, 1.54) is 50.5 Å². The molecule has 0 amide bonds. The van der Waals surface area contributed by atoms with E-state index in [2.05, 4.69) is 61.1 Å². The van der Waals surface area contributed by atoms with Gasteiger partial charge in [-0.3, -0.25) is 4.79 Å². The second-order valence-electron chi connectivity index (χ2n) is 14.7. The Bertz CT molecular complexity index is 907. The third-order valence-corrected chi connectivity index (χ3v) is 13.8. The van der Waals surface area contributed by atoms with E-state index in [0.717, 1.165) is 24.7 Å². The summed E-state index contributed by atoms with van der Waals surface area (Å²) in [6.07, 6.45) is 14.0. The zero-order chi connectivity index (χ0) is 24.2. The Hall–Kier alpha value is -0.850. The monoisotopic (exact) mass is 450 g/mol. The quantitative estimate of drug-likeness (QED) is 0.384. The molecular formula is C32H50O. The number of hydrogen-bond acceptors (Lipinski definition) is 1.